The molecular weight excluding hydrogens is 276 g/mol. The molecule has 0 aromatic heterocycles. The number of hydrogen-bond acceptors (Lipinski definition) is 6. The van der Waals surface area contributed by atoms with E-state index in [0.29, 0.717) is 12.0 Å². The highest BCUT2D eigenvalue weighted by Gasteiger charge is 2.23. The van der Waals surface area contributed by atoms with Crippen LogP contribution in [-0.2, 0) is 9.47 Å². The van der Waals surface area contributed by atoms with Crippen LogP contribution in [0.3, 0.4) is 0 Å². The molecule has 116 valence electrons. The van der Waals surface area contributed by atoms with E-state index < -0.39 is 17.5 Å². The fraction of sp³-hybridized carbons (Fsp3) is 0.467. The molecule has 0 aliphatic rings. The summed E-state index contributed by atoms with van der Waals surface area (Å²) in [7, 11) is 0. The molecule has 21 heavy (non-hydrogen) atoms. The van der Waals surface area contributed by atoms with E-state index in [2.05, 4.69) is 0 Å². The number of aliphatic hydroxyl groups is 2. The van der Waals surface area contributed by atoms with Gasteiger partial charge in [0.05, 0.1) is 17.7 Å². The summed E-state index contributed by atoms with van der Waals surface area (Å²) in [5.41, 5.74) is -0.167. The van der Waals surface area contributed by atoms with Gasteiger partial charge in [-0.3, -0.25) is 0 Å². The molecule has 0 aliphatic heterocycles. The third-order valence-electron chi connectivity index (χ3n) is 2.76. The predicted molar refractivity (Wildman–Crippen MR) is 75.0 cm³/mol. The molecular formula is C15H20O6. The van der Waals surface area contributed by atoms with Gasteiger partial charge in [-0.2, -0.15) is 0 Å². The second kappa shape index (κ2) is 7.75. The number of esters is 2. The Hall–Kier alpha value is -1.92. The van der Waals surface area contributed by atoms with Crippen LogP contribution < -0.4 is 0 Å². The number of aliphatic hydroxyl groups excluding tert-OH is 2. The van der Waals surface area contributed by atoms with E-state index >= 15 is 0 Å². The summed E-state index contributed by atoms with van der Waals surface area (Å²) in [5.74, 6) is -1.09. The Kier molecular flexibility index (Phi) is 6.33. The summed E-state index contributed by atoms with van der Waals surface area (Å²) < 4.78 is 10.0. The van der Waals surface area contributed by atoms with E-state index in [-0.39, 0.29) is 25.4 Å². The van der Waals surface area contributed by atoms with Gasteiger partial charge in [0, 0.05) is 13.0 Å². The van der Waals surface area contributed by atoms with Gasteiger partial charge in [-0.1, -0.05) is 0 Å². The van der Waals surface area contributed by atoms with Crippen molar-refractivity contribution in [3.8, 4) is 0 Å². The van der Waals surface area contributed by atoms with Crippen molar-refractivity contribution in [1.82, 2.24) is 0 Å². The smallest absolute Gasteiger partial charge is 0.338 e. The quantitative estimate of drug-likeness (QED) is 0.733. The van der Waals surface area contributed by atoms with E-state index in [0.717, 1.165) is 0 Å². The molecule has 0 atom stereocenters. The first-order chi connectivity index (χ1) is 9.89. The number of carbonyl (C=O) groups is 2. The summed E-state index contributed by atoms with van der Waals surface area (Å²) in [6.07, 6.45) is 0.338. The lowest BCUT2D eigenvalue weighted by Crippen LogP contribution is -2.29. The lowest BCUT2D eigenvalue weighted by atomic mass is 10.1. The lowest BCUT2D eigenvalue weighted by Gasteiger charge is -2.24. The molecule has 0 aliphatic carbocycles. The molecule has 6 nitrogen and oxygen atoms in total. The highest BCUT2D eigenvalue weighted by molar-refractivity contribution is 5.93. The fourth-order valence-electron chi connectivity index (χ4n) is 1.59. The maximum Gasteiger partial charge on any atom is 0.338 e. The first kappa shape index (κ1) is 17.1. The molecule has 6 heteroatoms. The average Bonchev–Trinajstić information content (AvgIpc) is 2.44. The molecule has 0 fully saturated rings. The van der Waals surface area contributed by atoms with Crippen molar-refractivity contribution < 1.29 is 29.3 Å². The van der Waals surface area contributed by atoms with Gasteiger partial charge in [0.1, 0.15) is 12.2 Å². The molecule has 0 saturated heterocycles. The van der Waals surface area contributed by atoms with Crippen LogP contribution in [0.15, 0.2) is 24.3 Å². The number of rotatable bonds is 7. The molecule has 2 N–H and O–H groups in total. The van der Waals surface area contributed by atoms with Crippen molar-refractivity contribution in [2.45, 2.75) is 25.9 Å². The van der Waals surface area contributed by atoms with Crippen molar-refractivity contribution >= 4 is 11.9 Å². The van der Waals surface area contributed by atoms with Gasteiger partial charge in [0.2, 0.25) is 0 Å². The van der Waals surface area contributed by atoms with Crippen LogP contribution in [-0.4, -0.2) is 47.6 Å². The Bertz CT molecular complexity index is 477. The second-order valence-electron chi connectivity index (χ2n) is 5.06. The molecule has 0 heterocycles. The molecule has 0 bridgehead atoms. The topological polar surface area (TPSA) is 93.1 Å². The van der Waals surface area contributed by atoms with E-state index in [1.165, 1.54) is 24.3 Å². The van der Waals surface area contributed by atoms with Gasteiger partial charge < -0.3 is 19.7 Å². The minimum Gasteiger partial charge on any atom is -0.460 e. The summed E-state index contributed by atoms with van der Waals surface area (Å²) in [5, 5.41) is 17.5. The van der Waals surface area contributed by atoms with E-state index in [9.17, 15) is 9.59 Å². The maximum atomic E-state index is 11.9. The Morgan fingerprint density at radius 1 is 1.00 bits per heavy atom. The number of ether oxygens (including phenoxy) is 2. The number of benzene rings is 1. The Morgan fingerprint density at radius 3 is 2.00 bits per heavy atom. The highest BCUT2D eigenvalue weighted by Crippen LogP contribution is 2.17. The molecule has 1 aromatic carbocycles. The van der Waals surface area contributed by atoms with E-state index in [1.54, 1.807) is 13.8 Å². The molecule has 0 unspecified atom stereocenters. The molecule has 1 rings (SSSR count). The van der Waals surface area contributed by atoms with Crippen molar-refractivity contribution in [2.75, 3.05) is 19.8 Å². The van der Waals surface area contributed by atoms with Crippen LogP contribution in [0, 0.1) is 0 Å². The van der Waals surface area contributed by atoms with Crippen molar-refractivity contribution in [2.24, 2.45) is 0 Å². The van der Waals surface area contributed by atoms with E-state index in [4.69, 9.17) is 19.7 Å². The van der Waals surface area contributed by atoms with Gasteiger partial charge in [-0.15, -0.1) is 0 Å². The summed E-state index contributed by atoms with van der Waals surface area (Å²) >= 11 is 0. The Balaban J connectivity index is 2.69. The molecule has 0 radical (unpaired) electrons. The first-order valence-electron chi connectivity index (χ1n) is 6.62. The zero-order valence-corrected chi connectivity index (χ0v) is 12.2. The summed E-state index contributed by atoms with van der Waals surface area (Å²) in [4.78, 5) is 23.5. The monoisotopic (exact) mass is 296 g/mol. The van der Waals surface area contributed by atoms with Gasteiger partial charge >= 0.3 is 11.9 Å². The number of carbonyl (C=O) groups excluding carboxylic acids is 2. The van der Waals surface area contributed by atoms with Crippen LogP contribution in [0.5, 0.6) is 0 Å². The zero-order chi connectivity index (χ0) is 15.9. The molecule has 0 saturated carbocycles. The average molecular weight is 296 g/mol. The van der Waals surface area contributed by atoms with Crippen LogP contribution in [0.1, 0.15) is 41.0 Å². The van der Waals surface area contributed by atoms with Crippen LogP contribution in [0.2, 0.25) is 0 Å². The SMILES string of the molecule is CC(C)(CCO)OC(=O)c1ccc(C(=O)OCCO)cc1. The van der Waals surface area contributed by atoms with Crippen molar-refractivity contribution in [3.63, 3.8) is 0 Å². The standard InChI is InChI=1S/C15H20O6/c1-15(2,7-8-16)21-14(19)12-5-3-11(4-6-12)13(18)20-10-9-17/h3-6,16-17H,7-10H2,1-2H3. The minimum atomic E-state index is -0.759. The number of hydrogen-bond donors (Lipinski definition) is 2. The van der Waals surface area contributed by atoms with Crippen LogP contribution >= 0.6 is 0 Å². The van der Waals surface area contributed by atoms with Gasteiger partial charge in [-0.05, 0) is 38.1 Å². The Labute approximate surface area is 123 Å². The Morgan fingerprint density at radius 2 is 1.52 bits per heavy atom. The third kappa shape index (κ3) is 5.53. The highest BCUT2D eigenvalue weighted by atomic mass is 16.6. The second-order valence-corrected chi connectivity index (χ2v) is 5.06. The summed E-state index contributed by atoms with van der Waals surface area (Å²) in [6.45, 7) is 3.04. The normalized spacial score (nSPS) is 11.0. The van der Waals surface area contributed by atoms with Gasteiger partial charge in [0.15, 0.2) is 0 Å². The first-order valence-corrected chi connectivity index (χ1v) is 6.62. The molecule has 1 aromatic rings. The summed E-state index contributed by atoms with van der Waals surface area (Å²) in [6, 6.07) is 5.84. The van der Waals surface area contributed by atoms with Gasteiger partial charge in [-0.25, -0.2) is 9.59 Å². The largest absolute Gasteiger partial charge is 0.460 e. The van der Waals surface area contributed by atoms with Crippen LogP contribution in [0.4, 0.5) is 0 Å². The lowest BCUT2D eigenvalue weighted by molar-refractivity contribution is -0.0107. The van der Waals surface area contributed by atoms with Crippen molar-refractivity contribution in [1.29, 1.82) is 0 Å². The molecule has 0 amide bonds. The van der Waals surface area contributed by atoms with Gasteiger partial charge in [0.25, 0.3) is 0 Å². The van der Waals surface area contributed by atoms with E-state index in [1.807, 2.05) is 0 Å². The molecule has 0 spiro atoms. The third-order valence-corrected chi connectivity index (χ3v) is 2.76. The minimum absolute atomic E-state index is 0.0715. The zero-order valence-electron chi connectivity index (χ0n) is 12.2. The maximum absolute atomic E-state index is 11.9. The van der Waals surface area contributed by atoms with Crippen LogP contribution in [0.25, 0.3) is 0 Å². The predicted octanol–water partition coefficient (Wildman–Crippen LogP) is 1.15. The van der Waals surface area contributed by atoms with Crippen molar-refractivity contribution in [3.05, 3.63) is 35.4 Å². The fourth-order valence-corrected chi connectivity index (χ4v) is 1.59.